The molecule has 0 bridgehead atoms. The Morgan fingerprint density at radius 1 is 0.968 bits per heavy atom. The lowest BCUT2D eigenvalue weighted by Crippen LogP contribution is -2.40. The van der Waals surface area contributed by atoms with E-state index in [9.17, 15) is 21.6 Å². The van der Waals surface area contributed by atoms with Gasteiger partial charge in [0, 0.05) is 26.5 Å². The fourth-order valence-corrected chi connectivity index (χ4v) is 4.65. The standard InChI is InChI=1S/C19H24N2O8S2/c1-28-13-3-12-21(14-19(22)20-23)31(26,27)18-10-6-16(7-11-18)29-15-4-8-17(9-5-15)30(2,24)25/h4-11,23H,3,12-14H2,1-2H3,(H,20,22). The maximum absolute atomic E-state index is 12.9. The van der Waals surface area contributed by atoms with Crippen LogP contribution in [0.2, 0.25) is 0 Å². The summed E-state index contributed by atoms with van der Waals surface area (Å²) in [5.41, 5.74) is 1.43. The zero-order chi connectivity index (χ0) is 23.1. The van der Waals surface area contributed by atoms with E-state index in [-0.39, 0.29) is 16.3 Å². The summed E-state index contributed by atoms with van der Waals surface area (Å²) in [6.07, 6.45) is 1.46. The molecule has 10 nitrogen and oxygen atoms in total. The number of sulfone groups is 1. The van der Waals surface area contributed by atoms with Crippen molar-refractivity contribution < 1.29 is 36.3 Å². The predicted molar refractivity (Wildman–Crippen MR) is 111 cm³/mol. The van der Waals surface area contributed by atoms with E-state index in [0.717, 1.165) is 10.6 Å². The minimum absolute atomic E-state index is 0.0224. The van der Waals surface area contributed by atoms with Crippen molar-refractivity contribution in [3.05, 3.63) is 48.5 Å². The van der Waals surface area contributed by atoms with Gasteiger partial charge in [0.05, 0.1) is 16.3 Å². The molecule has 0 spiro atoms. The van der Waals surface area contributed by atoms with Gasteiger partial charge < -0.3 is 9.47 Å². The van der Waals surface area contributed by atoms with Gasteiger partial charge in [-0.05, 0) is 55.0 Å². The highest BCUT2D eigenvalue weighted by Crippen LogP contribution is 2.25. The fraction of sp³-hybridized carbons (Fsp3) is 0.316. The van der Waals surface area contributed by atoms with Crippen LogP contribution >= 0.6 is 0 Å². The first kappa shape index (κ1) is 24.8. The Balaban J connectivity index is 2.17. The molecule has 2 aromatic rings. The molecule has 0 radical (unpaired) electrons. The first-order valence-electron chi connectivity index (χ1n) is 9.08. The molecule has 12 heteroatoms. The third-order valence-electron chi connectivity index (χ3n) is 4.15. The second kappa shape index (κ2) is 10.7. The Morgan fingerprint density at radius 2 is 1.48 bits per heavy atom. The Morgan fingerprint density at radius 3 is 1.94 bits per heavy atom. The number of methoxy groups -OCH3 is 1. The lowest BCUT2D eigenvalue weighted by atomic mass is 10.3. The number of ether oxygens (including phenoxy) is 2. The minimum Gasteiger partial charge on any atom is -0.457 e. The molecule has 2 N–H and O–H groups in total. The predicted octanol–water partition coefficient (Wildman–Crippen LogP) is 1.42. The van der Waals surface area contributed by atoms with E-state index in [1.165, 1.54) is 61.1 Å². The summed E-state index contributed by atoms with van der Waals surface area (Å²) in [5, 5.41) is 8.73. The van der Waals surface area contributed by atoms with Crippen LogP contribution in [0.15, 0.2) is 58.3 Å². The van der Waals surface area contributed by atoms with Crippen molar-refractivity contribution in [1.82, 2.24) is 9.79 Å². The molecule has 1 amide bonds. The van der Waals surface area contributed by atoms with Gasteiger partial charge in [0.15, 0.2) is 9.84 Å². The molecule has 170 valence electrons. The van der Waals surface area contributed by atoms with Gasteiger partial charge in [0.25, 0.3) is 5.91 Å². The van der Waals surface area contributed by atoms with E-state index in [1.807, 2.05) is 0 Å². The molecule has 0 atom stereocenters. The Hall–Kier alpha value is -2.51. The van der Waals surface area contributed by atoms with Crippen molar-refractivity contribution in [2.45, 2.75) is 16.2 Å². The van der Waals surface area contributed by atoms with Crippen LogP contribution in [0.5, 0.6) is 11.5 Å². The van der Waals surface area contributed by atoms with E-state index < -0.39 is 32.3 Å². The van der Waals surface area contributed by atoms with E-state index in [0.29, 0.717) is 24.5 Å². The molecule has 0 unspecified atom stereocenters. The maximum Gasteiger partial charge on any atom is 0.258 e. The zero-order valence-corrected chi connectivity index (χ0v) is 18.6. The zero-order valence-electron chi connectivity index (χ0n) is 17.0. The SMILES string of the molecule is COCCCN(CC(=O)NO)S(=O)(=O)c1ccc(Oc2ccc(S(C)(=O)=O)cc2)cc1. The molecular weight excluding hydrogens is 448 g/mol. The van der Waals surface area contributed by atoms with Crippen molar-refractivity contribution in [2.75, 3.05) is 33.1 Å². The highest BCUT2D eigenvalue weighted by atomic mass is 32.2. The van der Waals surface area contributed by atoms with Crippen molar-refractivity contribution in [2.24, 2.45) is 0 Å². The number of hydrogen-bond acceptors (Lipinski definition) is 8. The van der Waals surface area contributed by atoms with Crippen LogP contribution in [0.3, 0.4) is 0 Å². The van der Waals surface area contributed by atoms with Gasteiger partial charge >= 0.3 is 0 Å². The van der Waals surface area contributed by atoms with Gasteiger partial charge in [-0.1, -0.05) is 0 Å². The summed E-state index contributed by atoms with van der Waals surface area (Å²) in [4.78, 5) is 11.6. The van der Waals surface area contributed by atoms with Gasteiger partial charge in [-0.15, -0.1) is 0 Å². The number of hydroxylamine groups is 1. The summed E-state index contributed by atoms with van der Waals surface area (Å²) in [5.74, 6) is -0.146. The van der Waals surface area contributed by atoms with Gasteiger partial charge in [0.1, 0.15) is 11.5 Å². The third-order valence-corrected chi connectivity index (χ3v) is 7.14. The summed E-state index contributed by atoms with van der Waals surface area (Å²) in [7, 11) is -5.86. The van der Waals surface area contributed by atoms with Gasteiger partial charge in [-0.3, -0.25) is 10.0 Å². The molecule has 0 saturated heterocycles. The van der Waals surface area contributed by atoms with Crippen molar-refractivity contribution >= 4 is 25.8 Å². The molecule has 2 rings (SSSR count). The molecule has 0 aliphatic rings. The number of carbonyl (C=O) groups is 1. The van der Waals surface area contributed by atoms with Crippen LogP contribution in [0, 0.1) is 0 Å². The molecule has 0 aliphatic carbocycles. The number of benzene rings is 2. The number of nitrogens with zero attached hydrogens (tertiary/aromatic N) is 1. The normalized spacial score (nSPS) is 12.0. The number of carbonyl (C=O) groups excluding carboxylic acids is 1. The number of amides is 1. The number of sulfonamides is 1. The average Bonchev–Trinajstić information content (AvgIpc) is 2.73. The Labute approximate surface area is 181 Å². The third kappa shape index (κ3) is 7.01. The first-order valence-corrected chi connectivity index (χ1v) is 12.4. The van der Waals surface area contributed by atoms with Gasteiger partial charge in [-0.25, -0.2) is 22.3 Å². The molecule has 0 aliphatic heterocycles. The van der Waals surface area contributed by atoms with Crippen LogP contribution in [0.1, 0.15) is 6.42 Å². The van der Waals surface area contributed by atoms with Crippen LogP contribution in [0.4, 0.5) is 0 Å². The summed E-state index contributed by atoms with van der Waals surface area (Å²) in [6.45, 7) is -0.223. The van der Waals surface area contributed by atoms with Crippen LogP contribution in [-0.2, 0) is 29.4 Å². The van der Waals surface area contributed by atoms with Gasteiger partial charge in [0.2, 0.25) is 10.0 Å². The lowest BCUT2D eigenvalue weighted by Gasteiger charge is -2.21. The molecule has 0 fully saturated rings. The largest absolute Gasteiger partial charge is 0.457 e. The van der Waals surface area contributed by atoms with Gasteiger partial charge in [-0.2, -0.15) is 4.31 Å². The number of rotatable bonds is 11. The molecule has 31 heavy (non-hydrogen) atoms. The molecule has 0 saturated carbocycles. The summed E-state index contributed by atoms with van der Waals surface area (Å²) < 4.78 is 60.3. The van der Waals surface area contributed by atoms with Crippen molar-refractivity contribution in [3.63, 3.8) is 0 Å². The quantitative estimate of drug-likeness (QED) is 0.284. The van der Waals surface area contributed by atoms with Crippen molar-refractivity contribution in [1.29, 1.82) is 0 Å². The van der Waals surface area contributed by atoms with Crippen LogP contribution in [-0.4, -0.2) is 65.3 Å². The summed E-state index contributed by atoms with van der Waals surface area (Å²) in [6, 6.07) is 11.3. The highest BCUT2D eigenvalue weighted by Gasteiger charge is 2.26. The van der Waals surface area contributed by atoms with E-state index in [2.05, 4.69) is 0 Å². The summed E-state index contributed by atoms with van der Waals surface area (Å²) >= 11 is 0. The van der Waals surface area contributed by atoms with E-state index in [4.69, 9.17) is 14.7 Å². The van der Waals surface area contributed by atoms with E-state index >= 15 is 0 Å². The monoisotopic (exact) mass is 472 g/mol. The Bertz CT molecular complexity index is 1080. The maximum atomic E-state index is 12.9. The Kier molecular flexibility index (Phi) is 8.53. The van der Waals surface area contributed by atoms with E-state index in [1.54, 1.807) is 0 Å². The topological polar surface area (TPSA) is 139 Å². The van der Waals surface area contributed by atoms with Crippen LogP contribution in [0.25, 0.3) is 0 Å². The smallest absolute Gasteiger partial charge is 0.258 e. The molecule has 0 aromatic heterocycles. The number of nitrogens with one attached hydrogen (secondary N) is 1. The average molecular weight is 473 g/mol. The minimum atomic E-state index is -4.01. The fourth-order valence-electron chi connectivity index (χ4n) is 2.58. The molecular formula is C19H24N2O8S2. The lowest BCUT2D eigenvalue weighted by molar-refractivity contribution is -0.129. The molecule has 0 heterocycles. The second-order valence-electron chi connectivity index (χ2n) is 6.54. The number of hydrogen-bond donors (Lipinski definition) is 2. The van der Waals surface area contributed by atoms with Crippen molar-refractivity contribution in [3.8, 4) is 11.5 Å². The molecule has 2 aromatic carbocycles. The highest BCUT2D eigenvalue weighted by molar-refractivity contribution is 7.90. The first-order chi connectivity index (χ1) is 14.6. The second-order valence-corrected chi connectivity index (χ2v) is 10.5. The van der Waals surface area contributed by atoms with Crippen LogP contribution < -0.4 is 10.2 Å².